The van der Waals surface area contributed by atoms with E-state index in [-0.39, 0.29) is 12.6 Å². The van der Waals surface area contributed by atoms with Crippen molar-refractivity contribution in [3.8, 4) is 5.88 Å². The average molecular weight is 301 g/mol. The van der Waals surface area contributed by atoms with Gasteiger partial charge in [-0.25, -0.2) is 8.42 Å². The smallest absolute Gasteiger partial charge is 0.239 e. The van der Waals surface area contributed by atoms with Crippen molar-refractivity contribution in [1.82, 2.24) is 4.98 Å². The Kier molecular flexibility index (Phi) is 4.86. The minimum absolute atomic E-state index is 0.0347. The van der Waals surface area contributed by atoms with Crippen molar-refractivity contribution in [2.75, 3.05) is 23.9 Å². The maximum absolute atomic E-state index is 11.6. The molecule has 1 aromatic heterocycles. The first kappa shape index (κ1) is 16.6. The molecule has 0 spiro atoms. The average Bonchev–Trinajstić information content (AvgIpc) is 2.28. The van der Waals surface area contributed by atoms with Gasteiger partial charge in [0, 0.05) is 12.8 Å². The van der Waals surface area contributed by atoms with Gasteiger partial charge in [0.2, 0.25) is 5.88 Å². The molecule has 0 aromatic carbocycles. The molecule has 0 fully saturated rings. The Balaban J connectivity index is 2.84. The summed E-state index contributed by atoms with van der Waals surface area (Å²) < 4.78 is 27.9. The Hall–Kier alpha value is -1.50. The molecule has 0 unspecified atom stereocenters. The van der Waals surface area contributed by atoms with Crippen molar-refractivity contribution < 1.29 is 13.2 Å². The van der Waals surface area contributed by atoms with Gasteiger partial charge in [-0.3, -0.25) is 0 Å². The number of sulfone groups is 1. The lowest BCUT2D eigenvalue weighted by molar-refractivity contribution is 0.234. The molecular formula is C13H23N3O3S. The molecular weight excluding hydrogens is 278 g/mol. The van der Waals surface area contributed by atoms with Gasteiger partial charge in [-0.2, -0.15) is 4.98 Å². The molecule has 0 bridgehead atoms. The highest BCUT2D eigenvalue weighted by Crippen LogP contribution is 2.23. The van der Waals surface area contributed by atoms with E-state index < -0.39 is 14.6 Å². The Labute approximate surface area is 120 Å². The molecule has 1 rings (SSSR count). The van der Waals surface area contributed by atoms with Crippen molar-refractivity contribution in [3.05, 3.63) is 12.1 Å². The third-order valence-corrected chi connectivity index (χ3v) is 5.09. The summed E-state index contributed by atoms with van der Waals surface area (Å²) in [6.45, 7) is 7.35. The molecule has 0 aliphatic heterocycles. The summed E-state index contributed by atoms with van der Waals surface area (Å²) in [6.07, 6.45) is 1.19. The second kappa shape index (κ2) is 5.87. The SMILES string of the molecule is CC(C)Oc1nc(NCC(C)(C)S(C)(=O)=O)ccc1N. The molecule has 0 aliphatic carbocycles. The number of nitrogens with one attached hydrogen (secondary N) is 1. The standard InChI is InChI=1S/C13H23N3O3S/c1-9(2)19-12-10(14)6-7-11(16-12)15-8-13(3,4)20(5,17)18/h6-7,9H,8,14H2,1-5H3,(H,15,16). The predicted molar refractivity (Wildman–Crippen MR) is 81.8 cm³/mol. The number of pyridine rings is 1. The number of nitrogen functional groups attached to an aromatic ring is 1. The highest BCUT2D eigenvalue weighted by Gasteiger charge is 2.29. The van der Waals surface area contributed by atoms with Gasteiger partial charge in [-0.05, 0) is 39.8 Å². The number of aromatic nitrogens is 1. The summed E-state index contributed by atoms with van der Waals surface area (Å²) in [7, 11) is -3.16. The molecule has 0 aliphatic rings. The Morgan fingerprint density at radius 3 is 2.50 bits per heavy atom. The van der Waals surface area contributed by atoms with E-state index in [0.29, 0.717) is 17.4 Å². The summed E-state index contributed by atoms with van der Waals surface area (Å²) in [5.41, 5.74) is 6.23. The van der Waals surface area contributed by atoms with Crippen LogP contribution in [0.4, 0.5) is 11.5 Å². The van der Waals surface area contributed by atoms with Crippen molar-refractivity contribution >= 4 is 21.3 Å². The van der Waals surface area contributed by atoms with E-state index in [1.165, 1.54) is 6.26 Å². The lowest BCUT2D eigenvalue weighted by Crippen LogP contribution is -2.38. The van der Waals surface area contributed by atoms with Gasteiger partial charge in [0.05, 0.1) is 16.5 Å². The van der Waals surface area contributed by atoms with Crippen LogP contribution in [0.25, 0.3) is 0 Å². The number of nitrogens with two attached hydrogens (primary N) is 1. The first-order valence-electron chi connectivity index (χ1n) is 6.39. The zero-order valence-electron chi connectivity index (χ0n) is 12.6. The largest absolute Gasteiger partial charge is 0.473 e. The quantitative estimate of drug-likeness (QED) is 0.830. The lowest BCUT2D eigenvalue weighted by atomic mass is 10.2. The first-order valence-corrected chi connectivity index (χ1v) is 8.29. The highest BCUT2D eigenvalue weighted by atomic mass is 32.2. The lowest BCUT2D eigenvalue weighted by Gasteiger charge is -2.23. The topological polar surface area (TPSA) is 94.3 Å². The molecule has 7 heteroatoms. The maximum Gasteiger partial charge on any atom is 0.239 e. The molecule has 1 aromatic rings. The minimum atomic E-state index is -3.16. The van der Waals surface area contributed by atoms with E-state index in [4.69, 9.17) is 10.5 Å². The van der Waals surface area contributed by atoms with Crippen LogP contribution in [0.1, 0.15) is 27.7 Å². The van der Waals surface area contributed by atoms with Gasteiger partial charge in [-0.15, -0.1) is 0 Å². The van der Waals surface area contributed by atoms with Crippen LogP contribution in [-0.4, -0.2) is 37.1 Å². The van der Waals surface area contributed by atoms with Gasteiger partial charge in [0.25, 0.3) is 0 Å². The van der Waals surface area contributed by atoms with Crippen LogP contribution < -0.4 is 15.8 Å². The minimum Gasteiger partial charge on any atom is -0.473 e. The zero-order valence-corrected chi connectivity index (χ0v) is 13.4. The van der Waals surface area contributed by atoms with Gasteiger partial charge in [0.1, 0.15) is 5.82 Å². The molecule has 6 nitrogen and oxygen atoms in total. The van der Waals surface area contributed by atoms with Crippen LogP contribution in [0.5, 0.6) is 5.88 Å². The van der Waals surface area contributed by atoms with E-state index in [1.54, 1.807) is 26.0 Å². The Morgan fingerprint density at radius 1 is 1.40 bits per heavy atom. The van der Waals surface area contributed by atoms with Crippen LogP contribution in [0.2, 0.25) is 0 Å². The van der Waals surface area contributed by atoms with Gasteiger partial charge in [0.15, 0.2) is 9.84 Å². The number of hydrogen-bond acceptors (Lipinski definition) is 6. The molecule has 0 amide bonds. The fourth-order valence-electron chi connectivity index (χ4n) is 1.30. The van der Waals surface area contributed by atoms with Crippen LogP contribution in [-0.2, 0) is 9.84 Å². The Bertz CT molecular complexity index is 568. The monoisotopic (exact) mass is 301 g/mol. The van der Waals surface area contributed by atoms with E-state index >= 15 is 0 Å². The molecule has 0 saturated heterocycles. The predicted octanol–water partition coefficient (Wildman–Crippen LogP) is 1.69. The fourth-order valence-corrected chi connectivity index (χ4v) is 1.64. The summed E-state index contributed by atoms with van der Waals surface area (Å²) in [4.78, 5) is 4.24. The number of ether oxygens (including phenoxy) is 1. The summed E-state index contributed by atoms with van der Waals surface area (Å²) in [6, 6.07) is 3.38. The van der Waals surface area contributed by atoms with E-state index in [9.17, 15) is 8.42 Å². The fraction of sp³-hybridized carbons (Fsp3) is 0.615. The second-order valence-corrected chi connectivity index (χ2v) is 8.29. The van der Waals surface area contributed by atoms with Crippen molar-refractivity contribution in [2.24, 2.45) is 0 Å². The summed E-state index contributed by atoms with van der Waals surface area (Å²) in [5, 5.41) is 3.01. The van der Waals surface area contributed by atoms with Crippen LogP contribution in [0.15, 0.2) is 12.1 Å². The van der Waals surface area contributed by atoms with E-state index in [2.05, 4.69) is 10.3 Å². The van der Waals surface area contributed by atoms with Crippen LogP contribution in [0.3, 0.4) is 0 Å². The van der Waals surface area contributed by atoms with Crippen LogP contribution >= 0.6 is 0 Å². The highest BCUT2D eigenvalue weighted by molar-refractivity contribution is 7.92. The molecule has 3 N–H and O–H groups in total. The zero-order chi connectivity index (χ0) is 15.6. The number of hydrogen-bond donors (Lipinski definition) is 2. The molecule has 20 heavy (non-hydrogen) atoms. The van der Waals surface area contributed by atoms with Crippen molar-refractivity contribution in [3.63, 3.8) is 0 Å². The van der Waals surface area contributed by atoms with Gasteiger partial charge >= 0.3 is 0 Å². The molecule has 0 atom stereocenters. The van der Waals surface area contributed by atoms with E-state index in [1.807, 2.05) is 13.8 Å². The third kappa shape index (κ3) is 4.26. The summed E-state index contributed by atoms with van der Waals surface area (Å²) >= 11 is 0. The summed E-state index contributed by atoms with van der Waals surface area (Å²) in [5.74, 6) is 0.883. The normalized spacial score (nSPS) is 12.5. The molecule has 114 valence electrons. The third-order valence-electron chi connectivity index (χ3n) is 2.94. The number of nitrogens with zero attached hydrogens (tertiary/aromatic N) is 1. The molecule has 1 heterocycles. The van der Waals surface area contributed by atoms with Crippen molar-refractivity contribution in [1.29, 1.82) is 0 Å². The molecule has 0 radical (unpaired) electrons. The van der Waals surface area contributed by atoms with Crippen LogP contribution in [0, 0.1) is 0 Å². The first-order chi connectivity index (χ1) is 9.03. The van der Waals surface area contributed by atoms with E-state index in [0.717, 1.165) is 0 Å². The van der Waals surface area contributed by atoms with Gasteiger partial charge in [-0.1, -0.05) is 0 Å². The molecule has 0 saturated carbocycles. The second-order valence-electron chi connectivity index (χ2n) is 5.64. The number of rotatable bonds is 6. The van der Waals surface area contributed by atoms with Crippen molar-refractivity contribution in [2.45, 2.75) is 38.5 Å². The Morgan fingerprint density at radius 2 is 2.00 bits per heavy atom. The maximum atomic E-state index is 11.6. The van der Waals surface area contributed by atoms with Gasteiger partial charge < -0.3 is 15.8 Å². The number of anilines is 2.